The van der Waals surface area contributed by atoms with Gasteiger partial charge in [0.25, 0.3) is 5.91 Å². The van der Waals surface area contributed by atoms with E-state index < -0.39 is 17.9 Å². The van der Waals surface area contributed by atoms with Crippen LogP contribution in [0, 0.1) is 0 Å². The first kappa shape index (κ1) is 25.9. The number of hydrogen-bond donors (Lipinski definition) is 2. The number of para-hydroxylation sites is 2. The van der Waals surface area contributed by atoms with Crippen LogP contribution in [0.4, 0.5) is 0 Å². The lowest BCUT2D eigenvalue weighted by molar-refractivity contribution is -0.146. The molecule has 1 aliphatic rings. The van der Waals surface area contributed by atoms with Crippen molar-refractivity contribution in [3.63, 3.8) is 0 Å². The summed E-state index contributed by atoms with van der Waals surface area (Å²) in [6.07, 6.45) is 1.82. The highest BCUT2D eigenvalue weighted by atomic mass is 16.5. The average Bonchev–Trinajstić information content (AvgIpc) is 3.54. The summed E-state index contributed by atoms with van der Waals surface area (Å²) in [6, 6.07) is 13.5. The van der Waals surface area contributed by atoms with E-state index in [1.165, 1.54) is 14.0 Å². The summed E-state index contributed by atoms with van der Waals surface area (Å²) in [5, 5.41) is 5.34. The van der Waals surface area contributed by atoms with Crippen molar-refractivity contribution in [1.82, 2.24) is 20.5 Å². The summed E-state index contributed by atoms with van der Waals surface area (Å²) in [5.74, 6) is -1.08. The molecular weight excluding hydrogens is 476 g/mol. The zero-order chi connectivity index (χ0) is 26.5. The van der Waals surface area contributed by atoms with Crippen molar-refractivity contribution in [3.05, 3.63) is 54.1 Å². The molecule has 3 atom stereocenters. The van der Waals surface area contributed by atoms with Crippen LogP contribution in [0.5, 0.6) is 0 Å². The van der Waals surface area contributed by atoms with Gasteiger partial charge in [0, 0.05) is 37.2 Å². The van der Waals surface area contributed by atoms with E-state index in [-0.39, 0.29) is 30.3 Å². The van der Waals surface area contributed by atoms with E-state index in [0.717, 1.165) is 17.5 Å². The Bertz CT molecular complexity index is 1270. The van der Waals surface area contributed by atoms with Gasteiger partial charge in [-0.05, 0) is 55.7 Å². The van der Waals surface area contributed by atoms with Crippen molar-refractivity contribution >= 4 is 34.8 Å². The zero-order valence-corrected chi connectivity index (χ0v) is 21.0. The minimum Gasteiger partial charge on any atom is -0.467 e. The van der Waals surface area contributed by atoms with Crippen LogP contribution in [-0.4, -0.2) is 65.9 Å². The Hall–Kier alpha value is -4.21. The minimum absolute atomic E-state index is 0.0405. The number of ether oxygens (including phenoxy) is 1. The maximum atomic E-state index is 13.1. The van der Waals surface area contributed by atoms with Crippen LogP contribution < -0.4 is 10.6 Å². The molecule has 3 aromatic rings. The number of hydrogen-bond acceptors (Lipinski definition) is 7. The van der Waals surface area contributed by atoms with Gasteiger partial charge in [-0.2, -0.15) is 0 Å². The molecule has 1 aliphatic carbocycles. The fraction of sp³-hybridized carbons (Fsp3) is 0.370. The standard InChI is InChI=1S/C27H30N4O6/c1-16(32)28-22(27(35)36-3)15-24(33)29-19-12-13-20(14-19)31(2)26(34)18-10-8-17(9-11-18)25-30-21-6-4-5-7-23(21)37-25/h4-11,19-20,22H,12-15H2,1-3H3,(H,28,32)(H,29,33). The molecule has 2 N–H and O–H groups in total. The number of amides is 3. The van der Waals surface area contributed by atoms with Crippen LogP contribution in [0.3, 0.4) is 0 Å². The van der Waals surface area contributed by atoms with Gasteiger partial charge in [-0.3, -0.25) is 14.4 Å². The molecule has 10 heteroatoms. The lowest BCUT2D eigenvalue weighted by Crippen LogP contribution is -2.45. The third kappa shape index (κ3) is 6.14. The van der Waals surface area contributed by atoms with E-state index in [1.807, 2.05) is 36.4 Å². The molecule has 1 fully saturated rings. The fourth-order valence-corrected chi connectivity index (χ4v) is 4.61. The normalized spacial score (nSPS) is 17.7. The lowest BCUT2D eigenvalue weighted by atomic mass is 10.1. The first-order valence-electron chi connectivity index (χ1n) is 12.1. The molecule has 194 valence electrons. The van der Waals surface area contributed by atoms with Gasteiger partial charge in [-0.1, -0.05) is 12.1 Å². The molecule has 0 spiro atoms. The molecule has 0 radical (unpaired) electrons. The Morgan fingerprint density at radius 1 is 1.11 bits per heavy atom. The van der Waals surface area contributed by atoms with E-state index in [4.69, 9.17) is 4.42 Å². The number of fused-ring (bicyclic) bond motifs is 1. The fourth-order valence-electron chi connectivity index (χ4n) is 4.61. The third-order valence-electron chi connectivity index (χ3n) is 6.56. The van der Waals surface area contributed by atoms with Gasteiger partial charge in [0.2, 0.25) is 17.7 Å². The molecule has 1 saturated carbocycles. The summed E-state index contributed by atoms with van der Waals surface area (Å²) in [5.41, 5.74) is 2.81. The van der Waals surface area contributed by atoms with Crippen molar-refractivity contribution in [1.29, 1.82) is 0 Å². The average molecular weight is 507 g/mol. The Balaban J connectivity index is 1.32. The largest absolute Gasteiger partial charge is 0.467 e. The van der Waals surface area contributed by atoms with Crippen LogP contribution in [0.2, 0.25) is 0 Å². The zero-order valence-electron chi connectivity index (χ0n) is 21.0. The van der Waals surface area contributed by atoms with Crippen molar-refractivity contribution < 1.29 is 28.3 Å². The highest BCUT2D eigenvalue weighted by Crippen LogP contribution is 2.27. The Morgan fingerprint density at radius 3 is 2.51 bits per heavy atom. The molecule has 1 aromatic heterocycles. The maximum absolute atomic E-state index is 13.1. The summed E-state index contributed by atoms with van der Waals surface area (Å²) < 4.78 is 10.5. The monoisotopic (exact) mass is 506 g/mol. The molecule has 0 bridgehead atoms. The molecule has 3 amide bonds. The summed E-state index contributed by atoms with van der Waals surface area (Å²) in [6.45, 7) is 1.27. The number of nitrogens with one attached hydrogen (secondary N) is 2. The van der Waals surface area contributed by atoms with Crippen molar-refractivity contribution in [3.8, 4) is 11.5 Å². The van der Waals surface area contributed by atoms with Crippen molar-refractivity contribution in [2.24, 2.45) is 0 Å². The van der Waals surface area contributed by atoms with E-state index in [9.17, 15) is 19.2 Å². The summed E-state index contributed by atoms with van der Waals surface area (Å²) >= 11 is 0. The maximum Gasteiger partial charge on any atom is 0.328 e. The van der Waals surface area contributed by atoms with Gasteiger partial charge in [0.1, 0.15) is 11.6 Å². The molecule has 37 heavy (non-hydrogen) atoms. The number of benzene rings is 2. The topological polar surface area (TPSA) is 131 Å². The van der Waals surface area contributed by atoms with Crippen molar-refractivity contribution in [2.45, 2.75) is 50.7 Å². The lowest BCUT2D eigenvalue weighted by Gasteiger charge is -2.25. The number of carbonyl (C=O) groups excluding carboxylic acids is 4. The first-order valence-corrected chi connectivity index (χ1v) is 12.1. The predicted molar refractivity (Wildman–Crippen MR) is 135 cm³/mol. The number of oxazole rings is 1. The number of rotatable bonds is 8. The highest BCUT2D eigenvalue weighted by molar-refractivity contribution is 5.95. The second-order valence-electron chi connectivity index (χ2n) is 9.19. The predicted octanol–water partition coefficient (Wildman–Crippen LogP) is 2.67. The highest BCUT2D eigenvalue weighted by Gasteiger charge is 2.32. The Kier molecular flexibility index (Phi) is 7.86. The van der Waals surface area contributed by atoms with Crippen molar-refractivity contribution in [2.75, 3.05) is 14.2 Å². The number of aromatic nitrogens is 1. The van der Waals surface area contributed by atoms with Gasteiger partial charge in [-0.25, -0.2) is 9.78 Å². The van der Waals surface area contributed by atoms with E-state index in [2.05, 4.69) is 20.4 Å². The van der Waals surface area contributed by atoms with Crippen LogP contribution >= 0.6 is 0 Å². The summed E-state index contributed by atoms with van der Waals surface area (Å²) in [7, 11) is 2.96. The Labute approximate surface area is 214 Å². The van der Waals surface area contributed by atoms with Gasteiger partial charge >= 0.3 is 5.97 Å². The van der Waals surface area contributed by atoms with E-state index >= 15 is 0 Å². The molecule has 1 heterocycles. The smallest absolute Gasteiger partial charge is 0.328 e. The number of carbonyl (C=O) groups is 4. The van der Waals surface area contributed by atoms with Gasteiger partial charge in [0.05, 0.1) is 13.5 Å². The number of nitrogens with zero attached hydrogens (tertiary/aromatic N) is 2. The minimum atomic E-state index is -1.04. The molecule has 10 nitrogen and oxygen atoms in total. The molecule has 4 rings (SSSR count). The van der Waals surface area contributed by atoms with Crippen LogP contribution in [0.25, 0.3) is 22.6 Å². The third-order valence-corrected chi connectivity index (χ3v) is 6.56. The van der Waals surface area contributed by atoms with Gasteiger partial charge in [0.15, 0.2) is 5.58 Å². The van der Waals surface area contributed by atoms with E-state index in [1.54, 1.807) is 24.1 Å². The molecule has 3 unspecified atom stereocenters. The second-order valence-corrected chi connectivity index (χ2v) is 9.19. The molecule has 0 aliphatic heterocycles. The van der Waals surface area contributed by atoms with Crippen LogP contribution in [-0.2, 0) is 19.1 Å². The molecule has 0 saturated heterocycles. The first-order chi connectivity index (χ1) is 17.7. The van der Waals surface area contributed by atoms with Gasteiger partial charge in [-0.15, -0.1) is 0 Å². The Morgan fingerprint density at radius 2 is 1.84 bits per heavy atom. The molecular formula is C27H30N4O6. The van der Waals surface area contributed by atoms with Crippen LogP contribution in [0.15, 0.2) is 52.9 Å². The van der Waals surface area contributed by atoms with E-state index in [0.29, 0.717) is 29.9 Å². The number of methoxy groups -OCH3 is 1. The quantitative estimate of drug-likeness (QED) is 0.449. The van der Waals surface area contributed by atoms with Gasteiger partial charge < -0.3 is 24.7 Å². The molecule has 2 aromatic carbocycles. The van der Waals surface area contributed by atoms with Crippen LogP contribution in [0.1, 0.15) is 43.0 Å². The second kappa shape index (κ2) is 11.2. The number of esters is 1. The summed E-state index contributed by atoms with van der Waals surface area (Å²) in [4.78, 5) is 55.0. The SMILES string of the molecule is COC(=O)C(CC(=O)NC1CCC(N(C)C(=O)c2ccc(-c3nc4ccccc4o3)cc2)C1)NC(C)=O.